The highest BCUT2D eigenvalue weighted by Crippen LogP contribution is 2.33. The number of benzene rings is 2. The molecule has 3 aromatic rings. The van der Waals surface area contributed by atoms with Gasteiger partial charge in [-0.1, -0.05) is 18.2 Å². The van der Waals surface area contributed by atoms with E-state index in [1.54, 1.807) is 4.57 Å². The van der Waals surface area contributed by atoms with Crippen LogP contribution in [0.15, 0.2) is 65.6 Å². The van der Waals surface area contributed by atoms with Crippen molar-refractivity contribution in [2.45, 2.75) is 12.2 Å². The minimum atomic E-state index is -0.423. The van der Waals surface area contributed by atoms with Gasteiger partial charge in [0.2, 0.25) is 0 Å². The lowest BCUT2D eigenvalue weighted by Crippen LogP contribution is -2.34. The fourth-order valence-corrected chi connectivity index (χ4v) is 3.92. The van der Waals surface area contributed by atoms with Crippen molar-refractivity contribution in [2.75, 3.05) is 31.2 Å². The zero-order valence-electron chi connectivity index (χ0n) is 14.4. The van der Waals surface area contributed by atoms with E-state index in [9.17, 15) is 4.79 Å². The van der Waals surface area contributed by atoms with E-state index in [2.05, 4.69) is 17.0 Å². The number of aromatic nitrogens is 1. The number of hydrogen-bond acceptors (Lipinski definition) is 4. The molecule has 5 heteroatoms. The van der Waals surface area contributed by atoms with Gasteiger partial charge in [0, 0.05) is 35.9 Å². The van der Waals surface area contributed by atoms with Crippen molar-refractivity contribution < 1.29 is 9.47 Å². The normalized spacial score (nSPS) is 18.8. The van der Waals surface area contributed by atoms with Crippen LogP contribution < -0.4 is 10.5 Å². The van der Waals surface area contributed by atoms with Gasteiger partial charge in [0.15, 0.2) is 5.79 Å². The molecule has 132 valence electrons. The van der Waals surface area contributed by atoms with Crippen LogP contribution in [0, 0.1) is 0 Å². The zero-order valence-corrected chi connectivity index (χ0v) is 14.4. The maximum Gasteiger partial charge on any atom is 0.262 e. The summed E-state index contributed by atoms with van der Waals surface area (Å²) in [6.45, 7) is 3.02. The summed E-state index contributed by atoms with van der Waals surface area (Å²) in [7, 11) is 0. The van der Waals surface area contributed by atoms with Gasteiger partial charge in [-0.15, -0.1) is 0 Å². The Hall–Kier alpha value is -2.63. The summed E-state index contributed by atoms with van der Waals surface area (Å²) < 4.78 is 13.3. The fourth-order valence-electron chi connectivity index (χ4n) is 3.92. The fraction of sp³-hybridized carbons (Fsp3) is 0.286. The minimum absolute atomic E-state index is 0.00345. The second kappa shape index (κ2) is 5.97. The molecule has 2 aliphatic rings. The van der Waals surface area contributed by atoms with E-state index in [1.807, 2.05) is 48.7 Å². The summed E-state index contributed by atoms with van der Waals surface area (Å²) in [4.78, 5) is 15.0. The van der Waals surface area contributed by atoms with Crippen LogP contribution in [0.25, 0.3) is 16.5 Å². The molecule has 2 aliphatic heterocycles. The first-order chi connectivity index (χ1) is 12.7. The Balaban J connectivity index is 1.44. The molecule has 0 amide bonds. The number of nitrogens with zero attached hydrogens (tertiary/aromatic N) is 2. The number of anilines is 1. The molecule has 0 atom stereocenters. The van der Waals surface area contributed by atoms with Crippen LogP contribution in [0.3, 0.4) is 0 Å². The lowest BCUT2D eigenvalue weighted by Gasteiger charge is -2.23. The first-order valence-corrected chi connectivity index (χ1v) is 8.98. The van der Waals surface area contributed by atoms with Gasteiger partial charge in [0.1, 0.15) is 0 Å². The highest BCUT2D eigenvalue weighted by Gasteiger charge is 2.43. The van der Waals surface area contributed by atoms with E-state index >= 15 is 0 Å². The van der Waals surface area contributed by atoms with Gasteiger partial charge in [-0.25, -0.2) is 0 Å². The van der Waals surface area contributed by atoms with Crippen LogP contribution >= 0.6 is 0 Å². The third kappa shape index (κ3) is 2.52. The van der Waals surface area contributed by atoms with Crippen LogP contribution in [0.4, 0.5) is 5.69 Å². The third-order valence-corrected chi connectivity index (χ3v) is 5.31. The molecule has 5 rings (SSSR count). The van der Waals surface area contributed by atoms with Crippen LogP contribution in [-0.4, -0.2) is 36.7 Å². The Morgan fingerprint density at radius 1 is 0.885 bits per heavy atom. The van der Waals surface area contributed by atoms with Gasteiger partial charge in [-0.05, 0) is 41.8 Å². The summed E-state index contributed by atoms with van der Waals surface area (Å²) in [6.07, 6.45) is 2.73. The van der Waals surface area contributed by atoms with Gasteiger partial charge in [-0.2, -0.15) is 0 Å². The van der Waals surface area contributed by atoms with Crippen molar-refractivity contribution in [2.24, 2.45) is 0 Å². The van der Waals surface area contributed by atoms with Crippen molar-refractivity contribution in [1.29, 1.82) is 0 Å². The van der Waals surface area contributed by atoms with Gasteiger partial charge in [0.05, 0.1) is 19.8 Å². The molecule has 2 saturated heterocycles. The number of pyridine rings is 1. The molecule has 5 nitrogen and oxygen atoms in total. The molecule has 0 saturated carbocycles. The van der Waals surface area contributed by atoms with Gasteiger partial charge >= 0.3 is 0 Å². The van der Waals surface area contributed by atoms with Crippen molar-refractivity contribution in [3.05, 3.63) is 71.1 Å². The summed E-state index contributed by atoms with van der Waals surface area (Å²) in [5.41, 5.74) is 1.99. The molecule has 0 N–H and O–H groups in total. The SMILES string of the molecule is O=c1c2ccccc2ccn1-c1ccc(N2CCC3(C2)OCCO3)cc1. The number of hydrogen-bond donors (Lipinski definition) is 0. The first-order valence-electron chi connectivity index (χ1n) is 8.98. The maximum absolute atomic E-state index is 12.8. The molecule has 0 unspecified atom stereocenters. The van der Waals surface area contributed by atoms with E-state index in [0.717, 1.165) is 41.7 Å². The smallest absolute Gasteiger partial charge is 0.262 e. The minimum Gasteiger partial charge on any atom is -0.366 e. The highest BCUT2D eigenvalue weighted by atomic mass is 16.7. The first kappa shape index (κ1) is 15.6. The number of ether oxygens (including phenoxy) is 2. The topological polar surface area (TPSA) is 43.7 Å². The Labute approximate surface area is 151 Å². The van der Waals surface area contributed by atoms with Crippen molar-refractivity contribution in [1.82, 2.24) is 4.57 Å². The molecule has 0 aliphatic carbocycles. The predicted octanol–water partition coefficient (Wildman–Crippen LogP) is 2.94. The van der Waals surface area contributed by atoms with Crippen molar-refractivity contribution in [3.63, 3.8) is 0 Å². The van der Waals surface area contributed by atoms with E-state index in [4.69, 9.17) is 9.47 Å². The van der Waals surface area contributed by atoms with Crippen molar-refractivity contribution in [3.8, 4) is 5.69 Å². The molecule has 0 bridgehead atoms. The molecule has 1 spiro atoms. The molecule has 26 heavy (non-hydrogen) atoms. The number of fused-ring (bicyclic) bond motifs is 1. The number of rotatable bonds is 2. The lowest BCUT2D eigenvalue weighted by molar-refractivity contribution is -0.137. The largest absolute Gasteiger partial charge is 0.366 e. The van der Waals surface area contributed by atoms with Crippen LogP contribution in [0.2, 0.25) is 0 Å². The van der Waals surface area contributed by atoms with Crippen LogP contribution in [-0.2, 0) is 9.47 Å². The standard InChI is InChI=1S/C21H20N2O3/c24-20-19-4-2-1-3-16(19)9-11-23(20)18-7-5-17(6-8-18)22-12-10-21(15-22)25-13-14-26-21/h1-9,11H,10,12-15H2. The molecule has 2 fully saturated rings. The molecule has 3 heterocycles. The molecule has 0 radical (unpaired) electrons. The van der Waals surface area contributed by atoms with E-state index in [0.29, 0.717) is 13.2 Å². The average molecular weight is 348 g/mol. The van der Waals surface area contributed by atoms with Gasteiger partial charge in [0.25, 0.3) is 5.56 Å². The van der Waals surface area contributed by atoms with Crippen LogP contribution in [0.1, 0.15) is 6.42 Å². The Morgan fingerprint density at radius 3 is 2.42 bits per heavy atom. The van der Waals surface area contributed by atoms with E-state index < -0.39 is 5.79 Å². The molecule has 1 aromatic heterocycles. The second-order valence-electron chi connectivity index (χ2n) is 6.87. The molecule has 2 aromatic carbocycles. The maximum atomic E-state index is 12.8. The summed E-state index contributed by atoms with van der Waals surface area (Å²) in [5, 5.41) is 1.69. The highest BCUT2D eigenvalue weighted by molar-refractivity contribution is 5.81. The van der Waals surface area contributed by atoms with Gasteiger partial charge in [-0.3, -0.25) is 9.36 Å². The average Bonchev–Trinajstić information content (AvgIpc) is 3.33. The summed E-state index contributed by atoms with van der Waals surface area (Å²) in [5.74, 6) is -0.423. The summed E-state index contributed by atoms with van der Waals surface area (Å²) in [6, 6.07) is 17.8. The zero-order chi connectivity index (χ0) is 17.6. The Morgan fingerprint density at radius 2 is 1.62 bits per heavy atom. The lowest BCUT2D eigenvalue weighted by atomic mass is 10.1. The monoisotopic (exact) mass is 348 g/mol. The van der Waals surface area contributed by atoms with Gasteiger partial charge < -0.3 is 14.4 Å². The Kier molecular flexibility index (Phi) is 3.58. The summed E-state index contributed by atoms with van der Waals surface area (Å²) >= 11 is 0. The van der Waals surface area contributed by atoms with E-state index in [-0.39, 0.29) is 5.56 Å². The van der Waals surface area contributed by atoms with Crippen LogP contribution in [0.5, 0.6) is 0 Å². The second-order valence-corrected chi connectivity index (χ2v) is 6.87. The Bertz CT molecular complexity index is 1000. The van der Waals surface area contributed by atoms with Crippen molar-refractivity contribution >= 4 is 16.5 Å². The molecular formula is C21H20N2O3. The van der Waals surface area contributed by atoms with E-state index in [1.165, 1.54) is 0 Å². The quantitative estimate of drug-likeness (QED) is 0.714. The molecular weight excluding hydrogens is 328 g/mol. The third-order valence-electron chi connectivity index (χ3n) is 5.31. The predicted molar refractivity (Wildman–Crippen MR) is 101 cm³/mol.